The number of amides is 1. The number of sulfonamides is 1. The number of hydrogen-bond donors (Lipinski definition) is 2. The lowest BCUT2D eigenvalue weighted by Crippen LogP contribution is -2.32. The Kier molecular flexibility index (Phi) is 6.99. The highest BCUT2D eigenvalue weighted by Gasteiger charge is 2.16. The Balaban J connectivity index is 2.78. The molecule has 1 aromatic rings. The van der Waals surface area contributed by atoms with Gasteiger partial charge in [0.1, 0.15) is 6.61 Å². The summed E-state index contributed by atoms with van der Waals surface area (Å²) in [5.41, 5.74) is 0.700. The van der Waals surface area contributed by atoms with Crippen molar-refractivity contribution in [1.29, 1.82) is 0 Å². The molecule has 1 aromatic carbocycles. The number of carbonyl (C=O) groups is 1. The zero-order valence-electron chi connectivity index (χ0n) is 13.2. The van der Waals surface area contributed by atoms with Gasteiger partial charge >= 0.3 is 0 Å². The molecule has 2 atom stereocenters. The van der Waals surface area contributed by atoms with E-state index < -0.39 is 10.0 Å². The fourth-order valence-corrected chi connectivity index (χ4v) is 2.47. The molecule has 0 unspecified atom stereocenters. The van der Waals surface area contributed by atoms with E-state index in [-0.39, 0.29) is 29.6 Å². The van der Waals surface area contributed by atoms with Crippen LogP contribution < -0.4 is 10.5 Å². The van der Waals surface area contributed by atoms with Crippen LogP contribution in [0, 0.1) is 0 Å². The van der Waals surface area contributed by atoms with Crippen LogP contribution in [0.25, 0.3) is 0 Å². The van der Waals surface area contributed by atoms with Gasteiger partial charge in [-0.2, -0.15) is 0 Å². The van der Waals surface area contributed by atoms with E-state index in [1.54, 1.807) is 12.1 Å². The molecule has 0 saturated carbocycles. The minimum absolute atomic E-state index is 0.0135. The summed E-state index contributed by atoms with van der Waals surface area (Å²) in [4.78, 5) is 11.9. The Labute approximate surface area is 132 Å². The molecule has 0 aromatic heterocycles. The second kappa shape index (κ2) is 8.26. The SMILES string of the molecule is CC[C@@H](C)OCC(=O)N[C@@H](CC)c1cccc(S(N)(=O)=O)c1. The van der Waals surface area contributed by atoms with E-state index >= 15 is 0 Å². The van der Waals surface area contributed by atoms with Gasteiger partial charge in [-0.05, 0) is 37.5 Å². The second-order valence-corrected chi connectivity index (χ2v) is 6.74. The first kappa shape index (κ1) is 18.6. The van der Waals surface area contributed by atoms with Gasteiger partial charge in [-0.25, -0.2) is 13.6 Å². The number of rotatable bonds is 8. The van der Waals surface area contributed by atoms with Crippen molar-refractivity contribution in [2.24, 2.45) is 5.14 Å². The molecule has 1 rings (SSSR count). The Morgan fingerprint density at radius 3 is 2.55 bits per heavy atom. The molecule has 22 heavy (non-hydrogen) atoms. The number of carbonyl (C=O) groups excluding carboxylic acids is 1. The summed E-state index contributed by atoms with van der Waals surface area (Å²) in [6.45, 7) is 5.78. The maximum absolute atomic E-state index is 11.9. The van der Waals surface area contributed by atoms with Crippen LogP contribution in [-0.2, 0) is 19.6 Å². The molecule has 6 nitrogen and oxygen atoms in total. The molecule has 0 radical (unpaired) electrons. The summed E-state index contributed by atoms with van der Waals surface area (Å²) in [5.74, 6) is -0.229. The summed E-state index contributed by atoms with van der Waals surface area (Å²) < 4.78 is 28.2. The second-order valence-electron chi connectivity index (χ2n) is 5.18. The first-order valence-electron chi connectivity index (χ1n) is 7.31. The lowest BCUT2D eigenvalue weighted by molar-refractivity contribution is -0.128. The van der Waals surface area contributed by atoms with Crippen LogP contribution in [0.15, 0.2) is 29.2 Å². The van der Waals surface area contributed by atoms with E-state index in [1.165, 1.54) is 12.1 Å². The van der Waals surface area contributed by atoms with E-state index in [0.717, 1.165) is 6.42 Å². The summed E-state index contributed by atoms with van der Waals surface area (Å²) in [6.07, 6.45) is 1.49. The van der Waals surface area contributed by atoms with E-state index in [1.807, 2.05) is 20.8 Å². The van der Waals surface area contributed by atoms with Gasteiger partial charge in [0.05, 0.1) is 17.0 Å². The topological polar surface area (TPSA) is 98.5 Å². The fourth-order valence-electron chi connectivity index (χ4n) is 1.90. The number of benzene rings is 1. The van der Waals surface area contributed by atoms with Gasteiger partial charge in [0.2, 0.25) is 15.9 Å². The van der Waals surface area contributed by atoms with Crippen LogP contribution >= 0.6 is 0 Å². The van der Waals surface area contributed by atoms with Crippen molar-refractivity contribution in [3.63, 3.8) is 0 Å². The first-order chi connectivity index (χ1) is 10.3. The van der Waals surface area contributed by atoms with Crippen LogP contribution in [0.4, 0.5) is 0 Å². The maximum atomic E-state index is 11.9. The summed E-state index contributed by atoms with van der Waals surface area (Å²) in [6, 6.07) is 6.01. The molecule has 3 N–H and O–H groups in total. The van der Waals surface area contributed by atoms with Crippen molar-refractivity contribution >= 4 is 15.9 Å². The first-order valence-corrected chi connectivity index (χ1v) is 8.86. The monoisotopic (exact) mass is 328 g/mol. The van der Waals surface area contributed by atoms with Crippen LogP contribution in [0.3, 0.4) is 0 Å². The van der Waals surface area contributed by atoms with Gasteiger partial charge < -0.3 is 10.1 Å². The van der Waals surface area contributed by atoms with E-state index in [9.17, 15) is 13.2 Å². The molecule has 0 saturated heterocycles. The zero-order valence-corrected chi connectivity index (χ0v) is 14.0. The van der Waals surface area contributed by atoms with Crippen molar-refractivity contribution < 1.29 is 17.9 Å². The predicted octanol–water partition coefficient (Wildman–Crippen LogP) is 1.72. The van der Waals surface area contributed by atoms with Crippen molar-refractivity contribution in [2.45, 2.75) is 50.7 Å². The third-order valence-electron chi connectivity index (χ3n) is 3.41. The van der Waals surface area contributed by atoms with Gasteiger partial charge in [0.25, 0.3) is 0 Å². The highest BCUT2D eigenvalue weighted by Crippen LogP contribution is 2.19. The highest BCUT2D eigenvalue weighted by molar-refractivity contribution is 7.89. The smallest absolute Gasteiger partial charge is 0.246 e. The van der Waals surface area contributed by atoms with Crippen LogP contribution in [0.5, 0.6) is 0 Å². The van der Waals surface area contributed by atoms with Crippen LogP contribution in [0.1, 0.15) is 45.2 Å². The minimum Gasteiger partial charge on any atom is -0.369 e. The Morgan fingerprint density at radius 1 is 1.32 bits per heavy atom. The van der Waals surface area contributed by atoms with Crippen LogP contribution in [0.2, 0.25) is 0 Å². The Hall–Kier alpha value is -1.44. The fraction of sp³-hybridized carbons (Fsp3) is 0.533. The van der Waals surface area contributed by atoms with E-state index in [0.29, 0.717) is 12.0 Å². The molecule has 0 aliphatic carbocycles. The number of nitrogens with two attached hydrogens (primary N) is 1. The molecule has 124 valence electrons. The molecule has 0 aliphatic rings. The normalized spacial score (nSPS) is 14.4. The number of hydrogen-bond acceptors (Lipinski definition) is 4. The predicted molar refractivity (Wildman–Crippen MR) is 84.7 cm³/mol. The van der Waals surface area contributed by atoms with Gasteiger partial charge in [0, 0.05) is 0 Å². The number of nitrogens with one attached hydrogen (secondary N) is 1. The average Bonchev–Trinajstić information content (AvgIpc) is 2.49. The van der Waals surface area contributed by atoms with Crippen molar-refractivity contribution in [3.05, 3.63) is 29.8 Å². The van der Waals surface area contributed by atoms with Crippen LogP contribution in [-0.4, -0.2) is 27.0 Å². The molecule has 0 spiro atoms. The van der Waals surface area contributed by atoms with Crippen molar-refractivity contribution in [1.82, 2.24) is 5.32 Å². The number of ether oxygens (including phenoxy) is 1. The molecule has 0 fully saturated rings. The Morgan fingerprint density at radius 2 is 2.00 bits per heavy atom. The average molecular weight is 328 g/mol. The van der Waals surface area contributed by atoms with E-state index in [4.69, 9.17) is 9.88 Å². The molecule has 0 heterocycles. The quantitative estimate of drug-likeness (QED) is 0.759. The van der Waals surface area contributed by atoms with Gasteiger partial charge in [-0.3, -0.25) is 4.79 Å². The third kappa shape index (κ3) is 5.75. The Bertz CT molecular complexity index is 601. The summed E-state index contributed by atoms with van der Waals surface area (Å²) in [5, 5.41) is 7.97. The molecular formula is C15H24N2O4S. The molecule has 1 amide bonds. The van der Waals surface area contributed by atoms with Gasteiger partial charge in [0.15, 0.2) is 0 Å². The largest absolute Gasteiger partial charge is 0.369 e. The molecular weight excluding hydrogens is 304 g/mol. The highest BCUT2D eigenvalue weighted by atomic mass is 32.2. The molecule has 0 aliphatic heterocycles. The summed E-state index contributed by atoms with van der Waals surface area (Å²) in [7, 11) is -3.76. The lowest BCUT2D eigenvalue weighted by Gasteiger charge is -2.19. The van der Waals surface area contributed by atoms with Gasteiger partial charge in [-0.1, -0.05) is 26.0 Å². The van der Waals surface area contributed by atoms with Crippen molar-refractivity contribution in [3.8, 4) is 0 Å². The standard InChI is InChI=1S/C15H24N2O4S/c1-4-11(3)21-10-15(18)17-14(5-2)12-7-6-8-13(9-12)22(16,19)20/h6-9,11,14H,4-5,10H2,1-3H3,(H,17,18)(H2,16,19,20)/t11-,14+/m1/s1. The molecule has 7 heteroatoms. The van der Waals surface area contributed by atoms with Crippen molar-refractivity contribution in [2.75, 3.05) is 6.61 Å². The third-order valence-corrected chi connectivity index (χ3v) is 4.32. The summed E-state index contributed by atoms with van der Waals surface area (Å²) >= 11 is 0. The zero-order chi connectivity index (χ0) is 16.8. The minimum atomic E-state index is -3.76. The maximum Gasteiger partial charge on any atom is 0.246 e. The van der Waals surface area contributed by atoms with E-state index in [2.05, 4.69) is 5.32 Å². The number of primary sulfonamides is 1. The lowest BCUT2D eigenvalue weighted by atomic mass is 10.0. The van der Waals surface area contributed by atoms with Gasteiger partial charge in [-0.15, -0.1) is 0 Å². The molecule has 0 bridgehead atoms.